The van der Waals surface area contributed by atoms with Crippen LogP contribution in [0.1, 0.15) is 44.9 Å². The highest BCUT2D eigenvalue weighted by molar-refractivity contribution is 9.10. The molecule has 2 aromatic rings. The molecule has 148 valence electrons. The summed E-state index contributed by atoms with van der Waals surface area (Å²) in [6.45, 7) is 6.16. The van der Waals surface area contributed by atoms with E-state index in [-0.39, 0.29) is 23.4 Å². The SMILES string of the molecule is CC(C)(C)S.COC(=O)CC(=O)CC(N)(c1ccsc1)c1cccc(Br)n1. The van der Waals surface area contributed by atoms with Crippen LogP contribution in [0.15, 0.2) is 39.6 Å². The number of aromatic nitrogens is 1. The lowest BCUT2D eigenvalue weighted by molar-refractivity contribution is -0.143. The topological polar surface area (TPSA) is 82.3 Å². The number of carbonyl (C=O) groups excluding carboxylic acids is 2. The second-order valence-electron chi connectivity index (χ2n) is 6.97. The van der Waals surface area contributed by atoms with E-state index in [0.717, 1.165) is 5.56 Å². The molecule has 0 aliphatic carbocycles. The number of halogens is 1. The molecule has 1 unspecified atom stereocenters. The van der Waals surface area contributed by atoms with Gasteiger partial charge in [-0.15, -0.1) is 0 Å². The zero-order valence-corrected chi connectivity index (χ0v) is 19.2. The average Bonchev–Trinajstić information content (AvgIpc) is 3.08. The van der Waals surface area contributed by atoms with Gasteiger partial charge in [0.05, 0.1) is 18.3 Å². The van der Waals surface area contributed by atoms with Crippen molar-refractivity contribution >= 4 is 51.6 Å². The van der Waals surface area contributed by atoms with Crippen LogP contribution in [0.4, 0.5) is 0 Å². The maximum absolute atomic E-state index is 12.2. The monoisotopic (exact) mass is 472 g/mol. The zero-order chi connectivity index (χ0) is 20.7. The fourth-order valence-corrected chi connectivity index (χ4v) is 3.21. The molecule has 27 heavy (non-hydrogen) atoms. The van der Waals surface area contributed by atoms with Crippen molar-refractivity contribution in [3.8, 4) is 0 Å². The van der Waals surface area contributed by atoms with Gasteiger partial charge in [-0.1, -0.05) is 26.8 Å². The van der Waals surface area contributed by atoms with E-state index in [1.807, 2.05) is 22.9 Å². The molecule has 0 fully saturated rings. The highest BCUT2D eigenvalue weighted by Crippen LogP contribution is 2.32. The molecule has 0 radical (unpaired) electrons. The Kier molecular flexibility index (Phi) is 9.14. The maximum atomic E-state index is 12.2. The first-order valence-corrected chi connectivity index (χ1v) is 10.4. The number of ketones is 1. The maximum Gasteiger partial charge on any atom is 0.313 e. The first kappa shape index (κ1) is 23.8. The zero-order valence-electron chi connectivity index (χ0n) is 15.9. The minimum absolute atomic E-state index is 0.0255. The summed E-state index contributed by atoms with van der Waals surface area (Å²) in [4.78, 5) is 27.8. The molecule has 8 heteroatoms. The van der Waals surface area contributed by atoms with Crippen LogP contribution < -0.4 is 5.73 Å². The second-order valence-corrected chi connectivity index (χ2v) is 9.90. The normalized spacial score (nSPS) is 13.1. The lowest BCUT2D eigenvalue weighted by atomic mass is 9.83. The van der Waals surface area contributed by atoms with Crippen LogP contribution in [0, 0.1) is 0 Å². The van der Waals surface area contributed by atoms with Crippen molar-refractivity contribution in [1.82, 2.24) is 4.98 Å². The Morgan fingerprint density at radius 3 is 2.41 bits per heavy atom. The molecular weight excluding hydrogens is 448 g/mol. The van der Waals surface area contributed by atoms with Gasteiger partial charge in [-0.3, -0.25) is 9.59 Å². The van der Waals surface area contributed by atoms with Gasteiger partial charge in [0.2, 0.25) is 0 Å². The first-order chi connectivity index (χ1) is 12.5. The summed E-state index contributed by atoms with van der Waals surface area (Å²) in [7, 11) is 1.25. The predicted octanol–water partition coefficient (Wildman–Crippen LogP) is 4.34. The lowest BCUT2D eigenvalue weighted by Crippen LogP contribution is -2.41. The Hall–Kier alpha value is -1.22. The number of Topliss-reactive ketones (excluding diaryl/α,β-unsaturated/α-hetero) is 1. The van der Waals surface area contributed by atoms with Gasteiger partial charge >= 0.3 is 5.97 Å². The molecule has 0 bridgehead atoms. The van der Waals surface area contributed by atoms with Crippen LogP contribution in [-0.2, 0) is 19.9 Å². The number of pyridine rings is 1. The first-order valence-electron chi connectivity index (χ1n) is 8.21. The van der Waals surface area contributed by atoms with Gasteiger partial charge in [-0.25, -0.2) is 4.98 Å². The van der Waals surface area contributed by atoms with Crippen molar-refractivity contribution in [2.75, 3.05) is 7.11 Å². The van der Waals surface area contributed by atoms with Gasteiger partial charge in [0.1, 0.15) is 16.8 Å². The Bertz CT molecular complexity index is 755. The van der Waals surface area contributed by atoms with E-state index >= 15 is 0 Å². The Balaban J connectivity index is 0.000000646. The summed E-state index contributed by atoms with van der Waals surface area (Å²) in [6.07, 6.45) is -0.324. The number of carbonyl (C=O) groups is 2. The minimum Gasteiger partial charge on any atom is -0.469 e. The molecule has 2 N–H and O–H groups in total. The summed E-state index contributed by atoms with van der Waals surface area (Å²) in [5.41, 5.74) is 6.81. The van der Waals surface area contributed by atoms with Crippen molar-refractivity contribution in [1.29, 1.82) is 0 Å². The van der Waals surface area contributed by atoms with Crippen molar-refractivity contribution < 1.29 is 14.3 Å². The molecule has 0 aromatic carbocycles. The smallest absolute Gasteiger partial charge is 0.313 e. The second kappa shape index (κ2) is 10.4. The van der Waals surface area contributed by atoms with Gasteiger partial charge in [0.25, 0.3) is 0 Å². The summed E-state index contributed by atoms with van der Waals surface area (Å²) in [5.74, 6) is -0.859. The number of nitrogens with two attached hydrogens (primary N) is 1. The molecular formula is C19H25BrN2O3S2. The van der Waals surface area contributed by atoms with Gasteiger partial charge in [-0.2, -0.15) is 24.0 Å². The van der Waals surface area contributed by atoms with Crippen molar-refractivity contribution in [2.45, 2.75) is 43.9 Å². The molecule has 0 amide bonds. The van der Waals surface area contributed by atoms with Crippen molar-refractivity contribution in [2.24, 2.45) is 5.73 Å². The number of ether oxygens (including phenoxy) is 1. The van der Waals surface area contributed by atoms with Crippen LogP contribution in [0.3, 0.4) is 0 Å². The average molecular weight is 473 g/mol. The Labute approximate surface area is 178 Å². The number of esters is 1. The minimum atomic E-state index is -1.07. The van der Waals surface area contributed by atoms with E-state index < -0.39 is 11.5 Å². The molecule has 2 heterocycles. The molecule has 2 rings (SSSR count). The van der Waals surface area contributed by atoms with Crippen molar-refractivity contribution in [3.63, 3.8) is 0 Å². The van der Waals surface area contributed by atoms with E-state index in [1.54, 1.807) is 12.1 Å². The third-order valence-corrected chi connectivity index (χ3v) is 4.38. The largest absolute Gasteiger partial charge is 0.469 e. The molecule has 0 aliphatic rings. The fourth-order valence-electron chi connectivity index (χ4n) is 2.12. The van der Waals surface area contributed by atoms with Crippen LogP contribution in [0.5, 0.6) is 0 Å². The highest BCUT2D eigenvalue weighted by Gasteiger charge is 2.34. The summed E-state index contributed by atoms with van der Waals surface area (Å²) in [6, 6.07) is 7.23. The molecule has 0 spiro atoms. The third kappa shape index (κ3) is 8.55. The highest BCUT2D eigenvalue weighted by atomic mass is 79.9. The molecule has 1 atom stereocenters. The third-order valence-electron chi connectivity index (χ3n) is 3.25. The lowest BCUT2D eigenvalue weighted by Gasteiger charge is -2.28. The number of nitrogens with zero attached hydrogens (tertiary/aromatic N) is 1. The quantitative estimate of drug-likeness (QED) is 0.282. The standard InChI is InChI=1S/C15H15BrN2O3S.C4H10S/c1-21-14(20)7-11(19)8-15(17,10-5-6-22-9-10)12-3-2-4-13(16)18-12;1-4(2,3)5/h2-6,9H,7-8,17H2,1H3;5H,1-3H3. The van der Waals surface area contributed by atoms with E-state index in [4.69, 9.17) is 5.73 Å². The van der Waals surface area contributed by atoms with Crippen LogP contribution in [0.2, 0.25) is 0 Å². The number of hydrogen-bond donors (Lipinski definition) is 2. The van der Waals surface area contributed by atoms with Crippen LogP contribution in [-0.4, -0.2) is 28.6 Å². The Morgan fingerprint density at radius 2 is 1.93 bits per heavy atom. The van der Waals surface area contributed by atoms with E-state index in [1.165, 1.54) is 18.4 Å². The van der Waals surface area contributed by atoms with Crippen LogP contribution in [0.25, 0.3) is 0 Å². The van der Waals surface area contributed by atoms with E-state index in [0.29, 0.717) is 10.3 Å². The number of thiophene rings is 1. The van der Waals surface area contributed by atoms with Gasteiger partial charge in [0.15, 0.2) is 0 Å². The summed E-state index contributed by atoms with van der Waals surface area (Å²) in [5, 5.41) is 3.77. The molecule has 0 aliphatic heterocycles. The number of thiol groups is 1. The predicted molar refractivity (Wildman–Crippen MR) is 116 cm³/mol. The van der Waals surface area contributed by atoms with Gasteiger partial charge in [-0.05, 0) is 50.5 Å². The summed E-state index contributed by atoms with van der Waals surface area (Å²) < 4.78 is 5.36. The van der Waals surface area contributed by atoms with Crippen molar-refractivity contribution in [3.05, 3.63) is 50.9 Å². The van der Waals surface area contributed by atoms with E-state index in [9.17, 15) is 9.59 Å². The Morgan fingerprint density at radius 1 is 1.30 bits per heavy atom. The molecule has 0 saturated heterocycles. The number of hydrogen-bond acceptors (Lipinski definition) is 7. The molecule has 0 saturated carbocycles. The van der Waals surface area contributed by atoms with Crippen LogP contribution >= 0.6 is 39.9 Å². The van der Waals surface area contributed by atoms with E-state index in [2.05, 4.69) is 59.1 Å². The summed E-state index contributed by atoms with van der Waals surface area (Å²) >= 11 is 8.92. The number of methoxy groups -OCH3 is 1. The van der Waals surface area contributed by atoms with Gasteiger partial charge < -0.3 is 10.5 Å². The molecule has 2 aromatic heterocycles. The van der Waals surface area contributed by atoms with Gasteiger partial charge in [0, 0.05) is 11.2 Å². The molecule has 5 nitrogen and oxygen atoms in total. The number of rotatable bonds is 6. The fraction of sp³-hybridized carbons (Fsp3) is 0.421.